The van der Waals surface area contributed by atoms with Gasteiger partial charge in [0.1, 0.15) is 5.82 Å². The highest BCUT2D eigenvalue weighted by atomic mass is 35.5. The van der Waals surface area contributed by atoms with Crippen molar-refractivity contribution in [3.05, 3.63) is 40.7 Å². The van der Waals surface area contributed by atoms with Crippen LogP contribution in [-0.4, -0.2) is 37.3 Å². The van der Waals surface area contributed by atoms with Gasteiger partial charge in [0, 0.05) is 23.5 Å². The van der Waals surface area contributed by atoms with E-state index in [-0.39, 0.29) is 11.4 Å². The minimum absolute atomic E-state index is 0.0274. The van der Waals surface area contributed by atoms with Gasteiger partial charge in [-0.1, -0.05) is 42.4 Å². The predicted octanol–water partition coefficient (Wildman–Crippen LogP) is 5.11. The zero-order valence-electron chi connectivity index (χ0n) is 17.4. The van der Waals surface area contributed by atoms with E-state index in [9.17, 15) is 4.79 Å². The number of aromatic nitrogens is 3. The fraction of sp³-hybridized carbons (Fsp3) is 0.609. The highest BCUT2D eigenvalue weighted by Crippen LogP contribution is 2.58. The Morgan fingerprint density at radius 2 is 1.80 bits per heavy atom. The molecule has 0 radical (unpaired) electrons. The summed E-state index contributed by atoms with van der Waals surface area (Å²) in [6, 6.07) is 7.96. The molecule has 0 aliphatic heterocycles. The molecule has 5 nitrogen and oxygen atoms in total. The number of hydrogen-bond acceptors (Lipinski definition) is 4. The number of thioether (sulfide) groups is 1. The summed E-state index contributed by atoms with van der Waals surface area (Å²) in [5, 5.41) is 8.59. The molecule has 0 saturated heterocycles. The van der Waals surface area contributed by atoms with Gasteiger partial charge >= 0.3 is 0 Å². The smallest absolute Gasteiger partial charge is 0.233 e. The number of nitrogens with one attached hydrogen (secondary N) is 1. The standard InChI is InChI=1S/C23H29ClN4OS/c1-2-20-25-22(27-26-20)30-14-21(29)28(13-15-3-5-19(24)6-4-15)23-10-16-7-17(11-23)9-18(8-16)12-23/h3-6,16-18H,2,7-14H2,1H3,(H,25,26,27). The van der Waals surface area contributed by atoms with Gasteiger partial charge in [-0.15, -0.1) is 5.10 Å². The van der Waals surface area contributed by atoms with Crippen LogP contribution in [0.1, 0.15) is 56.8 Å². The largest absolute Gasteiger partial charge is 0.332 e. The van der Waals surface area contributed by atoms with Gasteiger partial charge < -0.3 is 4.90 Å². The van der Waals surface area contributed by atoms with Crippen molar-refractivity contribution in [2.24, 2.45) is 17.8 Å². The van der Waals surface area contributed by atoms with Crippen molar-refractivity contribution in [3.63, 3.8) is 0 Å². The molecular formula is C23H29ClN4OS. The molecule has 30 heavy (non-hydrogen) atoms. The number of aromatic amines is 1. The summed E-state index contributed by atoms with van der Waals surface area (Å²) in [6.45, 7) is 2.71. The van der Waals surface area contributed by atoms with E-state index in [0.717, 1.165) is 40.6 Å². The van der Waals surface area contributed by atoms with Crippen molar-refractivity contribution >= 4 is 29.3 Å². The van der Waals surface area contributed by atoms with Crippen LogP contribution in [0.2, 0.25) is 5.02 Å². The van der Waals surface area contributed by atoms with Crippen molar-refractivity contribution in [1.82, 2.24) is 20.1 Å². The first kappa shape index (κ1) is 20.4. The van der Waals surface area contributed by atoms with Gasteiger partial charge in [0.05, 0.1) is 5.75 Å². The van der Waals surface area contributed by atoms with Crippen LogP contribution in [0.25, 0.3) is 0 Å². The molecule has 4 fully saturated rings. The van der Waals surface area contributed by atoms with Gasteiger partial charge in [-0.2, -0.15) is 0 Å². The molecule has 0 atom stereocenters. The first-order valence-electron chi connectivity index (χ1n) is 11.1. The number of carbonyl (C=O) groups excluding carboxylic acids is 1. The molecule has 6 rings (SSSR count). The number of rotatable bonds is 7. The maximum absolute atomic E-state index is 13.6. The molecule has 4 aliphatic rings. The second-order valence-corrected chi connectivity index (χ2v) is 10.8. The fourth-order valence-electron chi connectivity index (χ4n) is 6.39. The Hall–Kier alpha value is -1.53. The van der Waals surface area contributed by atoms with Crippen molar-refractivity contribution in [2.75, 3.05) is 5.75 Å². The van der Waals surface area contributed by atoms with Gasteiger partial charge in [-0.05, 0) is 74.0 Å². The highest BCUT2D eigenvalue weighted by molar-refractivity contribution is 7.99. The van der Waals surface area contributed by atoms with Crippen LogP contribution < -0.4 is 0 Å². The Labute approximate surface area is 187 Å². The molecule has 1 amide bonds. The quantitative estimate of drug-likeness (QED) is 0.602. The number of H-pyrrole nitrogens is 1. The maximum Gasteiger partial charge on any atom is 0.233 e. The van der Waals surface area contributed by atoms with E-state index in [1.54, 1.807) is 0 Å². The lowest BCUT2D eigenvalue weighted by Gasteiger charge is -2.60. The lowest BCUT2D eigenvalue weighted by atomic mass is 9.52. The van der Waals surface area contributed by atoms with Crippen LogP contribution in [-0.2, 0) is 17.8 Å². The highest BCUT2D eigenvalue weighted by Gasteiger charge is 2.54. The van der Waals surface area contributed by atoms with Gasteiger partial charge in [0.2, 0.25) is 11.1 Å². The number of amides is 1. The van der Waals surface area contributed by atoms with Crippen molar-refractivity contribution < 1.29 is 4.79 Å². The molecule has 0 unspecified atom stereocenters. The van der Waals surface area contributed by atoms with Crippen LogP contribution in [0.4, 0.5) is 0 Å². The van der Waals surface area contributed by atoms with Crippen LogP contribution in [0, 0.1) is 17.8 Å². The summed E-state index contributed by atoms with van der Waals surface area (Å²) in [7, 11) is 0. The lowest BCUT2D eigenvalue weighted by molar-refractivity contribution is -0.149. The van der Waals surface area contributed by atoms with E-state index in [4.69, 9.17) is 11.6 Å². The first-order chi connectivity index (χ1) is 14.5. The van der Waals surface area contributed by atoms with Crippen LogP contribution in [0.3, 0.4) is 0 Å². The Morgan fingerprint density at radius 1 is 1.17 bits per heavy atom. The SMILES string of the molecule is CCc1nc(SCC(=O)N(Cc2ccc(Cl)cc2)C23CC4CC(CC(C4)C2)C3)n[nH]1. The molecule has 1 aromatic carbocycles. The zero-order valence-corrected chi connectivity index (χ0v) is 19.0. The third kappa shape index (κ3) is 4.01. The first-order valence-corrected chi connectivity index (χ1v) is 12.5. The summed E-state index contributed by atoms with van der Waals surface area (Å²) in [5.41, 5.74) is 1.18. The van der Waals surface area contributed by atoms with Gasteiger partial charge in [0.25, 0.3) is 0 Å². The van der Waals surface area contributed by atoms with Crippen molar-refractivity contribution in [2.45, 2.75) is 69.1 Å². The molecule has 1 heterocycles. The van der Waals surface area contributed by atoms with E-state index in [0.29, 0.717) is 17.5 Å². The Morgan fingerprint density at radius 3 is 2.37 bits per heavy atom. The van der Waals surface area contributed by atoms with Crippen LogP contribution in [0.15, 0.2) is 29.4 Å². The molecular weight excluding hydrogens is 416 g/mol. The molecule has 7 heteroatoms. The zero-order chi connectivity index (χ0) is 20.7. The molecule has 1 N–H and O–H groups in total. The van der Waals surface area contributed by atoms with Crippen molar-refractivity contribution in [3.8, 4) is 0 Å². The predicted molar refractivity (Wildman–Crippen MR) is 119 cm³/mol. The molecule has 4 bridgehead atoms. The fourth-order valence-corrected chi connectivity index (χ4v) is 7.21. The minimum atomic E-state index is 0.0274. The normalized spacial score (nSPS) is 29.3. The summed E-state index contributed by atoms with van der Waals surface area (Å²) < 4.78 is 0. The number of halogens is 1. The number of carbonyl (C=O) groups is 1. The van der Waals surface area contributed by atoms with E-state index in [2.05, 4.69) is 32.2 Å². The van der Waals surface area contributed by atoms with Crippen LogP contribution in [0.5, 0.6) is 0 Å². The summed E-state index contributed by atoms with van der Waals surface area (Å²) in [5.74, 6) is 3.85. The van der Waals surface area contributed by atoms with Gasteiger partial charge in [-0.3, -0.25) is 9.89 Å². The Bertz CT molecular complexity index is 877. The average molecular weight is 445 g/mol. The number of aryl methyl sites for hydroxylation is 1. The van der Waals surface area contributed by atoms with E-state index < -0.39 is 0 Å². The average Bonchev–Trinajstić information content (AvgIpc) is 3.18. The summed E-state index contributed by atoms with van der Waals surface area (Å²) in [6.07, 6.45) is 8.43. The second-order valence-electron chi connectivity index (χ2n) is 9.46. The minimum Gasteiger partial charge on any atom is -0.332 e. The number of nitrogens with zero attached hydrogens (tertiary/aromatic N) is 3. The second kappa shape index (κ2) is 8.19. The van der Waals surface area contributed by atoms with Crippen LogP contribution >= 0.6 is 23.4 Å². The topological polar surface area (TPSA) is 61.9 Å². The number of benzene rings is 1. The maximum atomic E-state index is 13.6. The molecule has 1 aromatic heterocycles. The molecule has 0 spiro atoms. The van der Waals surface area contributed by atoms with E-state index in [1.165, 1.54) is 50.3 Å². The molecule has 4 saturated carbocycles. The van der Waals surface area contributed by atoms with Gasteiger partial charge in [-0.25, -0.2) is 4.98 Å². The Balaban J connectivity index is 1.38. The summed E-state index contributed by atoms with van der Waals surface area (Å²) >= 11 is 7.54. The monoisotopic (exact) mass is 444 g/mol. The third-order valence-electron chi connectivity index (χ3n) is 7.30. The molecule has 2 aromatic rings. The summed E-state index contributed by atoms with van der Waals surface area (Å²) in [4.78, 5) is 20.3. The van der Waals surface area contributed by atoms with Crippen molar-refractivity contribution in [1.29, 1.82) is 0 Å². The Kier molecular flexibility index (Phi) is 5.56. The molecule has 4 aliphatic carbocycles. The van der Waals surface area contributed by atoms with Gasteiger partial charge in [0.15, 0.2) is 0 Å². The molecule has 160 valence electrons. The third-order valence-corrected chi connectivity index (χ3v) is 8.39. The van der Waals surface area contributed by atoms with E-state index >= 15 is 0 Å². The lowest BCUT2D eigenvalue weighted by Crippen LogP contribution is -2.61. The van der Waals surface area contributed by atoms with E-state index in [1.807, 2.05) is 19.1 Å². The number of hydrogen-bond donors (Lipinski definition) is 1.